The summed E-state index contributed by atoms with van der Waals surface area (Å²) in [5, 5.41) is 5.79. The Kier molecular flexibility index (Phi) is 4.95. The first kappa shape index (κ1) is 15.1. The number of benzene rings is 2. The summed E-state index contributed by atoms with van der Waals surface area (Å²) in [6, 6.07) is 10.9. The number of nitrogens with one attached hydrogen (secondary N) is 2. The largest absolute Gasteiger partial charge is 0.323 e. The van der Waals surface area contributed by atoms with E-state index < -0.39 is 6.03 Å². The lowest BCUT2D eigenvalue weighted by molar-refractivity contribution is 0.255. The molecule has 0 bridgehead atoms. The summed E-state index contributed by atoms with van der Waals surface area (Å²) in [5.74, 6) is -0.323. The number of carbonyl (C=O) groups excluding carboxylic acids is 1. The van der Waals surface area contributed by atoms with Crippen LogP contribution in [0.5, 0.6) is 0 Å². The predicted octanol–water partition coefficient (Wildman–Crippen LogP) is 4.58. The van der Waals surface area contributed by atoms with Crippen molar-refractivity contribution in [1.82, 2.24) is 5.32 Å². The van der Waals surface area contributed by atoms with Crippen LogP contribution < -0.4 is 10.6 Å². The predicted molar refractivity (Wildman–Crippen MR) is 83.8 cm³/mol. The van der Waals surface area contributed by atoms with E-state index in [1.165, 1.54) is 18.3 Å². The van der Waals surface area contributed by atoms with E-state index >= 15 is 0 Å². The third-order valence-electron chi connectivity index (χ3n) is 2.79. The minimum atomic E-state index is -0.395. The summed E-state index contributed by atoms with van der Waals surface area (Å²) < 4.78 is 13.0. The molecule has 0 aliphatic rings. The van der Waals surface area contributed by atoms with Crippen LogP contribution in [0, 0.1) is 12.7 Å². The molecule has 21 heavy (non-hydrogen) atoms. The molecule has 108 valence electrons. The van der Waals surface area contributed by atoms with Gasteiger partial charge in [0.1, 0.15) is 5.82 Å². The Balaban J connectivity index is 1.94. The molecule has 0 atom stereocenters. The summed E-state index contributed by atoms with van der Waals surface area (Å²) in [4.78, 5) is 11.7. The first-order chi connectivity index (χ1) is 10.0. The molecule has 2 amide bonds. The summed E-state index contributed by atoms with van der Waals surface area (Å²) in [6.45, 7) is 1.87. The fourth-order valence-electron chi connectivity index (χ4n) is 1.71. The van der Waals surface area contributed by atoms with Crippen molar-refractivity contribution in [2.45, 2.75) is 6.92 Å². The summed E-state index contributed by atoms with van der Waals surface area (Å²) in [5.41, 5.74) is 2.21. The molecule has 0 saturated heterocycles. The first-order valence-corrected chi connectivity index (χ1v) is 6.68. The highest BCUT2D eigenvalue weighted by Crippen LogP contribution is 2.19. The molecule has 2 aromatic rings. The van der Waals surface area contributed by atoms with Gasteiger partial charge < -0.3 is 10.6 Å². The quantitative estimate of drug-likeness (QED) is 0.856. The molecule has 0 unspecified atom stereocenters. The van der Waals surface area contributed by atoms with Crippen molar-refractivity contribution in [3.8, 4) is 0 Å². The van der Waals surface area contributed by atoms with Crippen LogP contribution in [0.1, 0.15) is 11.1 Å². The molecule has 0 aliphatic carbocycles. The lowest BCUT2D eigenvalue weighted by Crippen LogP contribution is -2.24. The number of amides is 2. The minimum absolute atomic E-state index is 0.323. The van der Waals surface area contributed by atoms with Crippen LogP contribution in [0.2, 0.25) is 5.02 Å². The molecule has 0 spiro atoms. The molecule has 2 aromatic carbocycles. The minimum Gasteiger partial charge on any atom is -0.314 e. The molecule has 2 N–H and O–H groups in total. The van der Waals surface area contributed by atoms with Crippen LogP contribution in [0.25, 0.3) is 6.08 Å². The average molecular weight is 305 g/mol. The molecule has 0 aromatic heterocycles. The Bertz CT molecular complexity index is 686. The molecule has 2 rings (SSSR count). The van der Waals surface area contributed by atoms with Gasteiger partial charge in [-0.3, -0.25) is 0 Å². The molecule has 0 radical (unpaired) electrons. The van der Waals surface area contributed by atoms with Crippen molar-refractivity contribution >= 4 is 29.4 Å². The Morgan fingerprint density at radius 1 is 1.24 bits per heavy atom. The van der Waals surface area contributed by atoms with Crippen molar-refractivity contribution in [2.75, 3.05) is 5.32 Å². The Morgan fingerprint density at radius 3 is 2.81 bits per heavy atom. The van der Waals surface area contributed by atoms with E-state index in [1.54, 1.807) is 30.3 Å². The lowest BCUT2D eigenvalue weighted by Gasteiger charge is -2.08. The number of hydrogen-bond acceptors (Lipinski definition) is 1. The van der Waals surface area contributed by atoms with Crippen molar-refractivity contribution in [1.29, 1.82) is 0 Å². The van der Waals surface area contributed by atoms with Crippen molar-refractivity contribution in [2.24, 2.45) is 0 Å². The highest BCUT2D eigenvalue weighted by Gasteiger charge is 2.03. The van der Waals surface area contributed by atoms with E-state index in [9.17, 15) is 9.18 Å². The van der Waals surface area contributed by atoms with Crippen LogP contribution >= 0.6 is 11.6 Å². The molecular weight excluding hydrogens is 291 g/mol. The summed E-state index contributed by atoms with van der Waals surface area (Å²) in [7, 11) is 0. The van der Waals surface area contributed by atoms with Crippen LogP contribution in [0.3, 0.4) is 0 Å². The number of carbonyl (C=O) groups is 1. The van der Waals surface area contributed by atoms with E-state index in [-0.39, 0.29) is 5.82 Å². The number of halogens is 2. The van der Waals surface area contributed by atoms with E-state index in [1.807, 2.05) is 13.0 Å². The second-order valence-electron chi connectivity index (χ2n) is 4.45. The molecular formula is C16H14ClFN2O. The maximum atomic E-state index is 13.0. The van der Waals surface area contributed by atoms with Gasteiger partial charge in [-0.25, -0.2) is 9.18 Å². The van der Waals surface area contributed by atoms with Crippen LogP contribution in [-0.4, -0.2) is 6.03 Å². The van der Waals surface area contributed by atoms with E-state index in [0.717, 1.165) is 5.56 Å². The smallest absolute Gasteiger partial charge is 0.314 e. The van der Waals surface area contributed by atoms with Crippen molar-refractivity contribution < 1.29 is 9.18 Å². The molecule has 0 heterocycles. The zero-order valence-corrected chi connectivity index (χ0v) is 12.1. The monoisotopic (exact) mass is 304 g/mol. The van der Waals surface area contributed by atoms with Gasteiger partial charge in [0.15, 0.2) is 0 Å². The summed E-state index contributed by atoms with van der Waals surface area (Å²) >= 11 is 5.88. The Labute approximate surface area is 127 Å². The van der Waals surface area contributed by atoms with Gasteiger partial charge in [-0.1, -0.05) is 29.8 Å². The van der Waals surface area contributed by atoms with E-state index in [2.05, 4.69) is 10.6 Å². The second-order valence-corrected chi connectivity index (χ2v) is 4.88. The molecule has 0 aliphatic heterocycles. The fraction of sp³-hybridized carbons (Fsp3) is 0.0625. The van der Waals surface area contributed by atoms with E-state index in [0.29, 0.717) is 16.3 Å². The van der Waals surface area contributed by atoms with Gasteiger partial charge in [0, 0.05) is 16.9 Å². The van der Waals surface area contributed by atoms with Gasteiger partial charge in [0.2, 0.25) is 0 Å². The van der Waals surface area contributed by atoms with Gasteiger partial charge in [0.25, 0.3) is 0 Å². The lowest BCUT2D eigenvalue weighted by atomic mass is 10.2. The van der Waals surface area contributed by atoms with Gasteiger partial charge >= 0.3 is 6.03 Å². The number of urea groups is 1. The highest BCUT2D eigenvalue weighted by molar-refractivity contribution is 6.31. The third kappa shape index (κ3) is 4.61. The van der Waals surface area contributed by atoms with Gasteiger partial charge in [0.05, 0.1) is 0 Å². The topological polar surface area (TPSA) is 41.1 Å². The van der Waals surface area contributed by atoms with Gasteiger partial charge in [-0.15, -0.1) is 0 Å². The van der Waals surface area contributed by atoms with E-state index in [4.69, 9.17) is 11.6 Å². The Hall–Kier alpha value is -2.33. The molecule has 5 heteroatoms. The number of aryl methyl sites for hydroxylation is 1. The average Bonchev–Trinajstić information content (AvgIpc) is 2.43. The number of hydrogen-bond donors (Lipinski definition) is 2. The SMILES string of the molecule is Cc1ccc(Cl)cc1NC(=O)N/C=C/c1cccc(F)c1. The van der Waals surface area contributed by atoms with Crippen LogP contribution in [-0.2, 0) is 0 Å². The zero-order valence-electron chi connectivity index (χ0n) is 11.4. The van der Waals surface area contributed by atoms with Crippen molar-refractivity contribution in [3.63, 3.8) is 0 Å². The van der Waals surface area contributed by atoms with Gasteiger partial charge in [-0.05, 0) is 48.4 Å². The summed E-state index contributed by atoms with van der Waals surface area (Å²) in [6.07, 6.45) is 3.05. The normalized spacial score (nSPS) is 10.6. The molecule has 0 saturated carbocycles. The molecule has 3 nitrogen and oxygen atoms in total. The number of anilines is 1. The highest BCUT2D eigenvalue weighted by atomic mass is 35.5. The van der Waals surface area contributed by atoms with Crippen LogP contribution in [0.4, 0.5) is 14.9 Å². The molecule has 0 fully saturated rings. The zero-order chi connectivity index (χ0) is 15.2. The maximum absolute atomic E-state index is 13.0. The number of rotatable bonds is 3. The second kappa shape index (κ2) is 6.90. The third-order valence-corrected chi connectivity index (χ3v) is 3.02. The fourth-order valence-corrected chi connectivity index (χ4v) is 1.88. The Morgan fingerprint density at radius 2 is 2.05 bits per heavy atom. The van der Waals surface area contributed by atoms with Crippen LogP contribution in [0.15, 0.2) is 48.7 Å². The first-order valence-electron chi connectivity index (χ1n) is 6.30. The maximum Gasteiger partial charge on any atom is 0.323 e. The van der Waals surface area contributed by atoms with Gasteiger partial charge in [-0.2, -0.15) is 0 Å². The van der Waals surface area contributed by atoms with Crippen molar-refractivity contribution in [3.05, 3.63) is 70.6 Å². The standard InChI is InChI=1S/C16H14ClFN2O/c1-11-5-6-13(17)10-15(11)20-16(21)19-8-7-12-3-2-4-14(18)9-12/h2-10H,1H3,(H2,19,20,21)/b8-7+.